The maximum Gasteiger partial charge on any atom is 0.0731 e. The molecule has 0 saturated carbocycles. The molecule has 2 nitrogen and oxygen atoms in total. The Kier molecular flexibility index (Phi) is 5.35. The maximum absolute atomic E-state index is 6.47. The first kappa shape index (κ1) is 17.2. The van der Waals surface area contributed by atoms with Crippen molar-refractivity contribution >= 4 is 22.9 Å². The quantitative estimate of drug-likeness (QED) is 0.695. The molecule has 0 saturated heterocycles. The van der Waals surface area contributed by atoms with E-state index in [1.54, 1.807) is 0 Å². The Bertz CT molecular complexity index is 705. The van der Waals surface area contributed by atoms with E-state index in [1.807, 2.05) is 6.07 Å². The third kappa shape index (κ3) is 3.25. The molecule has 2 aliphatic rings. The van der Waals surface area contributed by atoms with Crippen LogP contribution in [0.25, 0.3) is 5.57 Å². The van der Waals surface area contributed by atoms with Crippen molar-refractivity contribution in [1.82, 2.24) is 5.32 Å². The normalized spacial score (nSPS) is 19.0. The van der Waals surface area contributed by atoms with Crippen LogP contribution in [0.2, 0.25) is 5.02 Å². The second-order valence-corrected chi connectivity index (χ2v) is 7.18. The molecule has 1 unspecified atom stereocenters. The molecule has 128 valence electrons. The monoisotopic (exact) mass is 342 g/mol. The van der Waals surface area contributed by atoms with Crippen molar-refractivity contribution < 1.29 is 0 Å². The summed E-state index contributed by atoms with van der Waals surface area (Å²) in [6.45, 7) is 4.51. The fraction of sp³-hybridized carbons (Fsp3) is 0.429. The Balaban J connectivity index is 2.25. The standard InChI is InChI=1S/C21H27ClN2/c1-3-6-14(7-4-2)20-19-16(12-17(22)13-18(19)23)10-9-15-8-5-11-24-21(15)20/h5,8,11-13,21,24H,3-4,6-7,9-10,23H2,1-2H3. The fourth-order valence-electron chi connectivity index (χ4n) is 4.04. The summed E-state index contributed by atoms with van der Waals surface area (Å²) < 4.78 is 0. The highest BCUT2D eigenvalue weighted by molar-refractivity contribution is 6.31. The van der Waals surface area contributed by atoms with Crippen LogP contribution < -0.4 is 11.1 Å². The number of hydrogen-bond donors (Lipinski definition) is 2. The highest BCUT2D eigenvalue weighted by Crippen LogP contribution is 2.42. The lowest BCUT2D eigenvalue weighted by molar-refractivity contribution is 0.736. The van der Waals surface area contributed by atoms with Crippen LogP contribution in [0.1, 0.15) is 57.1 Å². The molecule has 3 N–H and O–H groups in total. The first-order valence-corrected chi connectivity index (χ1v) is 9.45. The van der Waals surface area contributed by atoms with Gasteiger partial charge in [0, 0.05) is 16.3 Å². The van der Waals surface area contributed by atoms with Crippen LogP contribution >= 0.6 is 11.6 Å². The summed E-state index contributed by atoms with van der Waals surface area (Å²) in [4.78, 5) is 0. The maximum atomic E-state index is 6.47. The number of halogens is 1. The average Bonchev–Trinajstić information content (AvgIpc) is 2.72. The highest BCUT2D eigenvalue weighted by Gasteiger charge is 2.29. The number of rotatable bonds is 4. The predicted molar refractivity (Wildman–Crippen MR) is 105 cm³/mol. The SMILES string of the molecule is CCCC(CCC)=C1c2c(N)cc(Cl)cc2CCC2=CC=CNC21. The van der Waals surface area contributed by atoms with Crippen molar-refractivity contribution in [2.45, 2.75) is 58.4 Å². The van der Waals surface area contributed by atoms with Crippen molar-refractivity contribution in [3.05, 3.63) is 57.8 Å². The van der Waals surface area contributed by atoms with Gasteiger partial charge in [0.1, 0.15) is 0 Å². The van der Waals surface area contributed by atoms with Gasteiger partial charge in [-0.3, -0.25) is 0 Å². The smallest absolute Gasteiger partial charge is 0.0731 e. The second-order valence-electron chi connectivity index (χ2n) is 6.75. The summed E-state index contributed by atoms with van der Waals surface area (Å²) in [7, 11) is 0. The minimum absolute atomic E-state index is 0.243. The topological polar surface area (TPSA) is 38.0 Å². The lowest BCUT2D eigenvalue weighted by Gasteiger charge is -2.28. The summed E-state index contributed by atoms with van der Waals surface area (Å²) >= 11 is 6.30. The number of nitrogens with one attached hydrogen (secondary N) is 1. The third-order valence-corrected chi connectivity index (χ3v) is 5.20. The van der Waals surface area contributed by atoms with Gasteiger partial charge in [0.15, 0.2) is 0 Å². The summed E-state index contributed by atoms with van der Waals surface area (Å²) in [6, 6.07) is 4.25. The molecule has 0 bridgehead atoms. The Morgan fingerprint density at radius 1 is 1.21 bits per heavy atom. The van der Waals surface area contributed by atoms with E-state index in [-0.39, 0.29) is 6.04 Å². The number of nitrogens with two attached hydrogens (primary N) is 1. The van der Waals surface area contributed by atoms with Gasteiger partial charge in [0.05, 0.1) is 6.04 Å². The molecule has 1 aliphatic heterocycles. The average molecular weight is 343 g/mol. The van der Waals surface area contributed by atoms with Crippen LogP contribution in [0.3, 0.4) is 0 Å². The zero-order valence-corrected chi connectivity index (χ0v) is 15.4. The van der Waals surface area contributed by atoms with Crippen LogP contribution in [0.15, 0.2) is 41.6 Å². The zero-order chi connectivity index (χ0) is 17.1. The van der Waals surface area contributed by atoms with E-state index < -0.39 is 0 Å². The highest BCUT2D eigenvalue weighted by atomic mass is 35.5. The number of anilines is 1. The van der Waals surface area contributed by atoms with Crippen LogP contribution in [-0.2, 0) is 6.42 Å². The molecule has 1 aromatic rings. The Morgan fingerprint density at radius 2 is 1.96 bits per heavy atom. The first-order chi connectivity index (χ1) is 11.7. The van der Waals surface area contributed by atoms with Crippen molar-refractivity contribution in [3.63, 3.8) is 0 Å². The van der Waals surface area contributed by atoms with E-state index in [0.29, 0.717) is 0 Å². The summed E-state index contributed by atoms with van der Waals surface area (Å²) in [6.07, 6.45) is 13.0. The number of allylic oxidation sites excluding steroid dienone is 3. The molecule has 1 atom stereocenters. The lowest BCUT2D eigenvalue weighted by Crippen LogP contribution is -2.30. The summed E-state index contributed by atoms with van der Waals surface area (Å²) in [5.41, 5.74) is 14.2. The number of aryl methyl sites for hydroxylation is 1. The molecule has 3 rings (SSSR count). The van der Waals surface area contributed by atoms with Gasteiger partial charge in [-0.25, -0.2) is 0 Å². The molecule has 1 heterocycles. The van der Waals surface area contributed by atoms with Gasteiger partial charge in [-0.05, 0) is 66.8 Å². The zero-order valence-electron chi connectivity index (χ0n) is 14.7. The first-order valence-electron chi connectivity index (χ1n) is 9.07. The molecule has 24 heavy (non-hydrogen) atoms. The molecule has 0 spiro atoms. The van der Waals surface area contributed by atoms with Crippen LogP contribution in [0.5, 0.6) is 0 Å². The fourth-order valence-corrected chi connectivity index (χ4v) is 4.29. The Hall–Kier alpha value is -1.67. The van der Waals surface area contributed by atoms with Gasteiger partial charge < -0.3 is 11.1 Å². The molecule has 1 aliphatic carbocycles. The van der Waals surface area contributed by atoms with Gasteiger partial charge in [-0.15, -0.1) is 0 Å². The number of fused-ring (bicyclic) bond motifs is 2. The molecule has 0 fully saturated rings. The minimum Gasteiger partial charge on any atom is -0.398 e. The Morgan fingerprint density at radius 3 is 2.67 bits per heavy atom. The molecule has 0 radical (unpaired) electrons. The van der Waals surface area contributed by atoms with E-state index >= 15 is 0 Å². The van der Waals surface area contributed by atoms with E-state index in [2.05, 4.69) is 43.6 Å². The van der Waals surface area contributed by atoms with Gasteiger partial charge >= 0.3 is 0 Å². The number of nitrogen functional groups attached to an aromatic ring is 1. The summed E-state index contributed by atoms with van der Waals surface area (Å²) in [5, 5.41) is 4.33. The van der Waals surface area contributed by atoms with Crippen molar-refractivity contribution in [3.8, 4) is 0 Å². The van der Waals surface area contributed by atoms with E-state index in [1.165, 1.54) is 27.8 Å². The van der Waals surface area contributed by atoms with Gasteiger partial charge in [0.2, 0.25) is 0 Å². The largest absolute Gasteiger partial charge is 0.398 e. The number of benzene rings is 1. The van der Waals surface area contributed by atoms with E-state index in [0.717, 1.165) is 49.2 Å². The molecular weight excluding hydrogens is 316 g/mol. The number of dihydropyridines is 1. The van der Waals surface area contributed by atoms with Gasteiger partial charge in [-0.1, -0.05) is 49.9 Å². The van der Waals surface area contributed by atoms with Crippen LogP contribution in [-0.4, -0.2) is 6.04 Å². The lowest BCUT2D eigenvalue weighted by atomic mass is 9.84. The van der Waals surface area contributed by atoms with Crippen LogP contribution in [0.4, 0.5) is 5.69 Å². The van der Waals surface area contributed by atoms with Crippen molar-refractivity contribution in [2.75, 3.05) is 5.73 Å². The minimum atomic E-state index is 0.243. The van der Waals surface area contributed by atoms with Crippen LogP contribution in [0, 0.1) is 0 Å². The molecule has 3 heteroatoms. The second kappa shape index (κ2) is 7.48. The number of hydrogen-bond acceptors (Lipinski definition) is 2. The van der Waals surface area contributed by atoms with E-state index in [9.17, 15) is 0 Å². The predicted octanol–water partition coefficient (Wildman–Crippen LogP) is 5.63. The molecule has 0 amide bonds. The third-order valence-electron chi connectivity index (χ3n) is 4.98. The molecule has 1 aromatic carbocycles. The van der Waals surface area contributed by atoms with E-state index in [4.69, 9.17) is 17.3 Å². The van der Waals surface area contributed by atoms with Gasteiger partial charge in [0.25, 0.3) is 0 Å². The summed E-state index contributed by atoms with van der Waals surface area (Å²) in [5.74, 6) is 0. The molecule has 0 aromatic heterocycles. The van der Waals surface area contributed by atoms with Crippen molar-refractivity contribution in [1.29, 1.82) is 0 Å². The van der Waals surface area contributed by atoms with Gasteiger partial charge in [-0.2, -0.15) is 0 Å². The Labute approximate surface area is 150 Å². The van der Waals surface area contributed by atoms with Crippen molar-refractivity contribution in [2.24, 2.45) is 0 Å². The molecular formula is C21H27ClN2.